The highest BCUT2D eigenvalue weighted by Crippen LogP contribution is 2.04. The van der Waals surface area contributed by atoms with Gasteiger partial charge in [-0.2, -0.15) is 4.68 Å². The number of carbonyl (C=O) groups excluding carboxylic acids is 1. The van der Waals surface area contributed by atoms with E-state index in [-0.39, 0.29) is 17.0 Å². The van der Waals surface area contributed by atoms with Gasteiger partial charge in [0.15, 0.2) is 11.3 Å². The summed E-state index contributed by atoms with van der Waals surface area (Å²) >= 11 is 0. The lowest BCUT2D eigenvalue weighted by atomic mass is 10.4. The van der Waals surface area contributed by atoms with E-state index in [1.165, 1.54) is 15.4 Å². The van der Waals surface area contributed by atoms with E-state index in [4.69, 9.17) is 5.73 Å². The topological polar surface area (TPSA) is 108 Å². The van der Waals surface area contributed by atoms with Crippen LogP contribution in [0.1, 0.15) is 10.5 Å². The average Bonchev–Trinajstić information content (AvgIpc) is 2.64. The third kappa shape index (κ3) is 2.16. The fraction of sp³-hybridized carbons (Fsp3) is 0.444. The predicted molar refractivity (Wildman–Crippen MR) is 66.9 cm³/mol. The van der Waals surface area contributed by atoms with Gasteiger partial charge in [-0.15, -0.1) is 5.10 Å². The molecule has 2 N–H and O–H groups in total. The molecule has 0 aliphatic rings. The highest BCUT2D eigenvalue weighted by Gasteiger charge is 2.19. The number of fused-ring (bicyclic) bond motifs is 1. The zero-order valence-electron chi connectivity index (χ0n) is 10.4. The minimum Gasteiger partial charge on any atom is -0.364 e. The Kier molecular flexibility index (Phi) is 2.77. The summed E-state index contributed by atoms with van der Waals surface area (Å²) in [7, 11) is -1.50. The number of aromatic nitrogens is 5. The van der Waals surface area contributed by atoms with Crippen molar-refractivity contribution in [3.63, 3.8) is 0 Å². The second-order valence-electron chi connectivity index (χ2n) is 5.24. The van der Waals surface area contributed by atoms with Crippen molar-refractivity contribution in [1.29, 1.82) is 0 Å². The zero-order valence-corrected chi connectivity index (χ0v) is 11.4. The third-order valence-electron chi connectivity index (χ3n) is 2.27. The van der Waals surface area contributed by atoms with Crippen molar-refractivity contribution in [3.05, 3.63) is 22.5 Å². The van der Waals surface area contributed by atoms with Gasteiger partial charge in [0.25, 0.3) is 5.91 Å². The summed E-state index contributed by atoms with van der Waals surface area (Å²) in [5.74, 6) is -0.728. The first kappa shape index (κ1) is 12.4. The van der Waals surface area contributed by atoms with Crippen LogP contribution in [0, 0.1) is 0 Å². The van der Waals surface area contributed by atoms with Gasteiger partial charge in [0.05, 0.1) is 8.07 Å². The SMILES string of the molecule is C[Si](C)(C)Cn1nnc2c(C(N)=O)ncn2c1=O. The molecule has 1 amide bonds. The molecule has 8 nitrogen and oxygen atoms in total. The Balaban J connectivity index is 2.60. The largest absolute Gasteiger partial charge is 0.364 e. The van der Waals surface area contributed by atoms with Crippen LogP contribution in [0.3, 0.4) is 0 Å². The summed E-state index contributed by atoms with van der Waals surface area (Å²) < 4.78 is 2.49. The molecule has 2 aromatic rings. The van der Waals surface area contributed by atoms with Gasteiger partial charge in [-0.25, -0.2) is 14.2 Å². The molecule has 2 rings (SSSR count). The molecule has 9 heteroatoms. The molecule has 2 heterocycles. The molecule has 0 saturated heterocycles. The van der Waals surface area contributed by atoms with Crippen molar-refractivity contribution in [1.82, 2.24) is 24.4 Å². The monoisotopic (exact) mass is 266 g/mol. The van der Waals surface area contributed by atoms with E-state index in [1.54, 1.807) is 0 Å². The average molecular weight is 266 g/mol. The molecule has 0 unspecified atom stereocenters. The number of hydrogen-bond acceptors (Lipinski definition) is 5. The van der Waals surface area contributed by atoms with Crippen molar-refractivity contribution in [3.8, 4) is 0 Å². The van der Waals surface area contributed by atoms with Crippen LogP contribution in [0.5, 0.6) is 0 Å². The maximum atomic E-state index is 12.1. The second kappa shape index (κ2) is 4.01. The van der Waals surface area contributed by atoms with E-state index in [0.717, 1.165) is 0 Å². The first-order chi connectivity index (χ1) is 8.29. The van der Waals surface area contributed by atoms with Crippen LogP contribution in [-0.2, 0) is 6.17 Å². The van der Waals surface area contributed by atoms with Gasteiger partial charge in [-0.1, -0.05) is 24.9 Å². The number of nitrogens with two attached hydrogens (primary N) is 1. The lowest BCUT2D eigenvalue weighted by molar-refractivity contribution is 0.0997. The summed E-state index contributed by atoms with van der Waals surface area (Å²) in [4.78, 5) is 27.0. The Morgan fingerprint density at radius 2 is 2.11 bits per heavy atom. The second-order valence-corrected chi connectivity index (χ2v) is 10.7. The summed E-state index contributed by atoms with van der Waals surface area (Å²) in [6.07, 6.45) is 1.80. The van der Waals surface area contributed by atoms with Crippen LogP contribution >= 0.6 is 0 Å². The van der Waals surface area contributed by atoms with E-state index >= 15 is 0 Å². The minimum atomic E-state index is -1.50. The van der Waals surface area contributed by atoms with Gasteiger partial charge >= 0.3 is 5.69 Å². The number of nitrogens with zero attached hydrogens (tertiary/aromatic N) is 5. The smallest absolute Gasteiger partial charge is 0.352 e. The van der Waals surface area contributed by atoms with Crippen LogP contribution in [0.25, 0.3) is 5.65 Å². The number of rotatable bonds is 3. The molecule has 96 valence electrons. The molecular weight excluding hydrogens is 252 g/mol. The first-order valence-corrected chi connectivity index (χ1v) is 9.11. The number of amides is 1. The Labute approximate surface area is 103 Å². The van der Waals surface area contributed by atoms with Crippen LogP contribution in [0.2, 0.25) is 19.6 Å². The normalized spacial score (nSPS) is 11.9. The maximum Gasteiger partial charge on any atom is 0.352 e. The fourth-order valence-corrected chi connectivity index (χ4v) is 2.66. The van der Waals surface area contributed by atoms with Crippen molar-refractivity contribution >= 4 is 19.6 Å². The van der Waals surface area contributed by atoms with E-state index < -0.39 is 14.0 Å². The van der Waals surface area contributed by atoms with E-state index in [0.29, 0.717) is 6.17 Å². The fourth-order valence-electron chi connectivity index (χ4n) is 1.56. The molecule has 0 aliphatic carbocycles. The standard InChI is InChI=1S/C9H14N6O2Si/c1-18(2,3)5-15-9(17)14-4-11-6(7(10)16)8(14)12-13-15/h4H,5H2,1-3H3,(H2,10,16). The van der Waals surface area contributed by atoms with Gasteiger partial charge in [-0.05, 0) is 0 Å². The van der Waals surface area contributed by atoms with Crippen molar-refractivity contribution in [2.45, 2.75) is 25.8 Å². The summed E-state index contributed by atoms with van der Waals surface area (Å²) in [6, 6.07) is 0. The molecule has 0 aromatic carbocycles. The lowest BCUT2D eigenvalue weighted by Crippen LogP contribution is -2.38. The van der Waals surface area contributed by atoms with Gasteiger partial charge in [-0.3, -0.25) is 4.79 Å². The van der Waals surface area contributed by atoms with Gasteiger partial charge in [0.1, 0.15) is 6.33 Å². The lowest BCUT2D eigenvalue weighted by Gasteiger charge is -2.15. The highest BCUT2D eigenvalue weighted by atomic mass is 28.3. The molecule has 0 spiro atoms. The number of carbonyl (C=O) groups is 1. The maximum absolute atomic E-state index is 12.1. The summed E-state index contributed by atoms with van der Waals surface area (Å²) in [5.41, 5.74) is 4.83. The minimum absolute atomic E-state index is 0.0419. The molecule has 0 fully saturated rings. The molecule has 18 heavy (non-hydrogen) atoms. The Morgan fingerprint density at radius 3 is 2.67 bits per heavy atom. The quantitative estimate of drug-likeness (QED) is 0.736. The Bertz CT molecular complexity index is 668. The van der Waals surface area contributed by atoms with Crippen molar-refractivity contribution in [2.75, 3.05) is 0 Å². The van der Waals surface area contributed by atoms with Gasteiger partial charge in [0, 0.05) is 6.17 Å². The highest BCUT2D eigenvalue weighted by molar-refractivity contribution is 6.74. The van der Waals surface area contributed by atoms with Crippen LogP contribution in [0.15, 0.2) is 11.1 Å². The summed E-state index contributed by atoms with van der Waals surface area (Å²) in [5, 5.41) is 7.67. The van der Waals surface area contributed by atoms with E-state index in [9.17, 15) is 9.59 Å². The van der Waals surface area contributed by atoms with Crippen molar-refractivity contribution in [2.24, 2.45) is 5.73 Å². The Morgan fingerprint density at radius 1 is 1.44 bits per heavy atom. The molecule has 0 radical (unpaired) electrons. The van der Waals surface area contributed by atoms with Gasteiger partial charge in [0.2, 0.25) is 0 Å². The predicted octanol–water partition coefficient (Wildman–Crippen LogP) is -0.738. The molecule has 0 atom stereocenters. The van der Waals surface area contributed by atoms with E-state index in [2.05, 4.69) is 34.9 Å². The van der Waals surface area contributed by atoms with Gasteiger partial charge < -0.3 is 5.73 Å². The molecule has 0 saturated carbocycles. The Hall–Kier alpha value is -2.03. The molecule has 0 aliphatic heterocycles. The zero-order chi connectivity index (χ0) is 13.5. The molecular formula is C9H14N6O2Si. The van der Waals surface area contributed by atoms with Crippen molar-refractivity contribution < 1.29 is 4.79 Å². The number of hydrogen-bond donors (Lipinski definition) is 1. The number of primary amides is 1. The van der Waals surface area contributed by atoms with Crippen LogP contribution in [0.4, 0.5) is 0 Å². The third-order valence-corrected chi connectivity index (χ3v) is 3.52. The summed E-state index contributed by atoms with van der Waals surface area (Å²) in [6.45, 7) is 6.36. The number of imidazole rings is 1. The van der Waals surface area contributed by atoms with Crippen LogP contribution in [-0.4, -0.2) is 38.4 Å². The molecule has 0 bridgehead atoms. The first-order valence-electron chi connectivity index (χ1n) is 5.40. The van der Waals surface area contributed by atoms with Crippen LogP contribution < -0.4 is 11.4 Å². The van der Waals surface area contributed by atoms with E-state index in [1.807, 2.05) is 0 Å². The molecule has 2 aromatic heterocycles.